The van der Waals surface area contributed by atoms with Crippen LogP contribution in [0.3, 0.4) is 0 Å². The van der Waals surface area contributed by atoms with Crippen LogP contribution in [0.1, 0.15) is 35.7 Å². The van der Waals surface area contributed by atoms with Crippen LogP contribution in [-0.2, 0) is 4.74 Å². The van der Waals surface area contributed by atoms with Crippen molar-refractivity contribution < 1.29 is 9.53 Å². The minimum atomic E-state index is -0.0548. The maximum absolute atomic E-state index is 12.1. The molecule has 0 saturated carbocycles. The third-order valence-electron chi connectivity index (χ3n) is 3.36. The molecule has 3 N–H and O–H groups in total. The molecule has 1 amide bonds. The fourth-order valence-corrected chi connectivity index (χ4v) is 2.18. The molecule has 4 heteroatoms. The summed E-state index contributed by atoms with van der Waals surface area (Å²) in [5, 5.41) is 3.04. The molecule has 1 aliphatic heterocycles. The molecule has 1 aliphatic rings. The van der Waals surface area contributed by atoms with Crippen molar-refractivity contribution in [1.82, 2.24) is 5.32 Å². The minimum Gasteiger partial charge on any atom is -0.398 e. The number of nitrogen functional groups attached to an aromatic ring is 1. The number of carbonyl (C=O) groups is 1. The number of amides is 1. The highest BCUT2D eigenvalue weighted by Gasteiger charge is 2.21. The molecule has 1 heterocycles. The molecule has 0 spiro atoms. The summed E-state index contributed by atoms with van der Waals surface area (Å²) in [5.41, 5.74) is 8.08. The lowest BCUT2D eigenvalue weighted by atomic mass is 10.0. The van der Waals surface area contributed by atoms with E-state index in [1.807, 2.05) is 26.0 Å². The van der Waals surface area contributed by atoms with Crippen molar-refractivity contribution in [2.24, 2.45) is 0 Å². The third kappa shape index (κ3) is 3.01. The fourth-order valence-electron chi connectivity index (χ4n) is 2.18. The molecule has 0 aliphatic carbocycles. The smallest absolute Gasteiger partial charge is 0.251 e. The van der Waals surface area contributed by atoms with Gasteiger partial charge in [-0.1, -0.05) is 6.07 Å². The topological polar surface area (TPSA) is 64.3 Å². The van der Waals surface area contributed by atoms with Gasteiger partial charge in [0.2, 0.25) is 0 Å². The van der Waals surface area contributed by atoms with Gasteiger partial charge in [-0.2, -0.15) is 0 Å². The molecular formula is C14H20N2O2. The molecule has 0 aromatic heterocycles. The van der Waals surface area contributed by atoms with Crippen LogP contribution in [-0.4, -0.2) is 24.7 Å². The molecule has 1 aromatic rings. The van der Waals surface area contributed by atoms with Gasteiger partial charge in [-0.25, -0.2) is 0 Å². The van der Waals surface area contributed by atoms with E-state index in [9.17, 15) is 4.79 Å². The summed E-state index contributed by atoms with van der Waals surface area (Å²) >= 11 is 0. The van der Waals surface area contributed by atoms with Crippen LogP contribution >= 0.6 is 0 Å². The second-order valence-corrected chi connectivity index (χ2v) is 4.95. The monoisotopic (exact) mass is 248 g/mol. The summed E-state index contributed by atoms with van der Waals surface area (Å²) in [6, 6.07) is 5.61. The molecule has 0 radical (unpaired) electrons. The lowest BCUT2D eigenvalue weighted by molar-refractivity contribution is 0.0136. The van der Waals surface area contributed by atoms with Gasteiger partial charge in [-0.05, 0) is 44.4 Å². The fraction of sp³-hybridized carbons (Fsp3) is 0.500. The summed E-state index contributed by atoms with van der Waals surface area (Å²) < 4.78 is 5.46. The van der Waals surface area contributed by atoms with Crippen molar-refractivity contribution in [2.45, 2.75) is 38.8 Å². The molecule has 98 valence electrons. The van der Waals surface area contributed by atoms with Gasteiger partial charge in [0, 0.05) is 23.9 Å². The quantitative estimate of drug-likeness (QED) is 0.785. The zero-order valence-electron chi connectivity index (χ0n) is 10.9. The van der Waals surface area contributed by atoms with Crippen LogP contribution in [0.2, 0.25) is 0 Å². The lowest BCUT2D eigenvalue weighted by Gasteiger charge is -2.28. The predicted molar refractivity (Wildman–Crippen MR) is 71.5 cm³/mol. The number of nitrogens with one attached hydrogen (secondary N) is 1. The van der Waals surface area contributed by atoms with E-state index in [1.54, 1.807) is 6.07 Å². The summed E-state index contributed by atoms with van der Waals surface area (Å²) in [7, 11) is 0. The van der Waals surface area contributed by atoms with Crippen molar-refractivity contribution in [2.75, 3.05) is 12.3 Å². The largest absolute Gasteiger partial charge is 0.398 e. The summed E-state index contributed by atoms with van der Waals surface area (Å²) in [6.45, 7) is 4.67. The summed E-state index contributed by atoms with van der Waals surface area (Å²) in [4.78, 5) is 12.1. The van der Waals surface area contributed by atoms with E-state index in [4.69, 9.17) is 10.5 Å². The van der Waals surface area contributed by atoms with E-state index in [0.29, 0.717) is 17.9 Å². The van der Waals surface area contributed by atoms with Crippen molar-refractivity contribution in [3.63, 3.8) is 0 Å². The molecule has 1 saturated heterocycles. The Morgan fingerprint density at radius 2 is 2.28 bits per heavy atom. The third-order valence-corrected chi connectivity index (χ3v) is 3.36. The van der Waals surface area contributed by atoms with Crippen molar-refractivity contribution in [3.8, 4) is 0 Å². The highest BCUT2D eigenvalue weighted by Crippen LogP contribution is 2.16. The van der Waals surface area contributed by atoms with E-state index in [1.165, 1.54) is 0 Å². The van der Waals surface area contributed by atoms with Gasteiger partial charge in [0.25, 0.3) is 5.91 Å². The number of benzene rings is 1. The number of hydrogen-bond acceptors (Lipinski definition) is 3. The van der Waals surface area contributed by atoms with Crippen LogP contribution in [0.4, 0.5) is 5.69 Å². The number of anilines is 1. The Bertz CT molecular complexity index is 445. The number of nitrogens with two attached hydrogens (primary N) is 1. The maximum atomic E-state index is 12.1. The predicted octanol–water partition coefficient (Wildman–Crippen LogP) is 1.87. The van der Waals surface area contributed by atoms with E-state index in [0.717, 1.165) is 18.4 Å². The standard InChI is InChI=1S/C14H20N2O2/c1-9-3-4-11(8-13(9)15)14(17)16-12-5-6-18-10(2)7-12/h3-4,8,10,12H,5-7,15H2,1-2H3,(H,16,17). The highest BCUT2D eigenvalue weighted by molar-refractivity contribution is 5.95. The Morgan fingerprint density at radius 1 is 1.50 bits per heavy atom. The summed E-state index contributed by atoms with van der Waals surface area (Å²) in [5.74, 6) is -0.0548. The van der Waals surface area contributed by atoms with E-state index < -0.39 is 0 Å². The SMILES string of the molecule is Cc1ccc(C(=O)NC2CCOC(C)C2)cc1N. The van der Waals surface area contributed by atoms with Gasteiger partial charge in [0.05, 0.1) is 6.10 Å². The average molecular weight is 248 g/mol. The van der Waals surface area contributed by atoms with Crippen LogP contribution in [0, 0.1) is 6.92 Å². The number of aryl methyl sites for hydroxylation is 1. The van der Waals surface area contributed by atoms with Gasteiger partial charge in [0.1, 0.15) is 0 Å². The zero-order valence-corrected chi connectivity index (χ0v) is 10.9. The first-order chi connectivity index (χ1) is 8.56. The van der Waals surface area contributed by atoms with E-state index in [2.05, 4.69) is 5.32 Å². The van der Waals surface area contributed by atoms with Gasteiger partial charge in [-0.15, -0.1) is 0 Å². The maximum Gasteiger partial charge on any atom is 0.251 e. The molecule has 2 rings (SSSR count). The van der Waals surface area contributed by atoms with E-state index in [-0.39, 0.29) is 18.1 Å². The van der Waals surface area contributed by atoms with Crippen LogP contribution in [0.15, 0.2) is 18.2 Å². The van der Waals surface area contributed by atoms with Crippen molar-refractivity contribution >= 4 is 11.6 Å². The van der Waals surface area contributed by atoms with Crippen LogP contribution in [0.25, 0.3) is 0 Å². The molecule has 1 aromatic carbocycles. The number of carbonyl (C=O) groups excluding carboxylic acids is 1. The molecule has 18 heavy (non-hydrogen) atoms. The van der Waals surface area contributed by atoms with Crippen LogP contribution in [0.5, 0.6) is 0 Å². The molecule has 2 atom stereocenters. The Labute approximate surface area is 108 Å². The van der Waals surface area contributed by atoms with Gasteiger partial charge >= 0.3 is 0 Å². The van der Waals surface area contributed by atoms with Gasteiger partial charge < -0.3 is 15.8 Å². The van der Waals surface area contributed by atoms with Crippen LogP contribution < -0.4 is 11.1 Å². The van der Waals surface area contributed by atoms with Crippen molar-refractivity contribution in [1.29, 1.82) is 0 Å². The second-order valence-electron chi connectivity index (χ2n) is 4.95. The first kappa shape index (κ1) is 12.9. The highest BCUT2D eigenvalue weighted by atomic mass is 16.5. The molecular weight excluding hydrogens is 228 g/mol. The van der Waals surface area contributed by atoms with Gasteiger partial charge in [-0.3, -0.25) is 4.79 Å². The molecule has 2 unspecified atom stereocenters. The second kappa shape index (κ2) is 5.40. The Morgan fingerprint density at radius 3 is 2.94 bits per heavy atom. The Hall–Kier alpha value is -1.55. The molecule has 4 nitrogen and oxygen atoms in total. The summed E-state index contributed by atoms with van der Waals surface area (Å²) in [6.07, 6.45) is 1.96. The van der Waals surface area contributed by atoms with Gasteiger partial charge in [0.15, 0.2) is 0 Å². The number of hydrogen-bond donors (Lipinski definition) is 2. The first-order valence-electron chi connectivity index (χ1n) is 6.35. The minimum absolute atomic E-state index is 0.0548. The normalized spacial score (nSPS) is 23.7. The Kier molecular flexibility index (Phi) is 3.87. The number of ether oxygens (including phenoxy) is 1. The zero-order chi connectivity index (χ0) is 13.1. The van der Waals surface area contributed by atoms with E-state index >= 15 is 0 Å². The first-order valence-corrected chi connectivity index (χ1v) is 6.35. The molecule has 0 bridgehead atoms. The number of rotatable bonds is 2. The lowest BCUT2D eigenvalue weighted by Crippen LogP contribution is -2.41. The molecule has 1 fully saturated rings. The average Bonchev–Trinajstić information content (AvgIpc) is 2.32. The van der Waals surface area contributed by atoms with Crippen molar-refractivity contribution in [3.05, 3.63) is 29.3 Å². The Balaban J connectivity index is 2.00.